The molecule has 1 fully saturated rings. The summed E-state index contributed by atoms with van der Waals surface area (Å²) in [6.45, 7) is 5.93. The summed E-state index contributed by atoms with van der Waals surface area (Å²) in [5.41, 5.74) is 1.73. The minimum absolute atomic E-state index is 0.0917. The van der Waals surface area contributed by atoms with Crippen LogP contribution in [0.2, 0.25) is 0 Å². The third-order valence-corrected chi connectivity index (χ3v) is 6.21. The molecule has 1 aromatic heterocycles. The van der Waals surface area contributed by atoms with Gasteiger partial charge in [-0.2, -0.15) is 0 Å². The molecule has 1 amide bonds. The summed E-state index contributed by atoms with van der Waals surface area (Å²) in [5.74, 6) is -1.73. The number of aliphatic hydroxyl groups excluding tert-OH is 1. The Kier molecular flexibility index (Phi) is 8.09. The van der Waals surface area contributed by atoms with Gasteiger partial charge in [0.25, 0.3) is 11.7 Å². The predicted molar refractivity (Wildman–Crippen MR) is 133 cm³/mol. The van der Waals surface area contributed by atoms with Gasteiger partial charge in [0.1, 0.15) is 11.5 Å². The molecule has 1 atom stereocenters. The number of aliphatic hydroxyl groups is 1. The fourth-order valence-corrected chi connectivity index (χ4v) is 4.52. The molecule has 0 bridgehead atoms. The van der Waals surface area contributed by atoms with Crippen LogP contribution in [0.3, 0.4) is 0 Å². The van der Waals surface area contributed by atoms with Gasteiger partial charge in [0.15, 0.2) is 11.5 Å². The summed E-state index contributed by atoms with van der Waals surface area (Å²) in [5, 5.41) is 11.5. The van der Waals surface area contributed by atoms with Gasteiger partial charge in [0.05, 0.1) is 32.4 Å². The second-order valence-electron chi connectivity index (χ2n) is 8.72. The van der Waals surface area contributed by atoms with Crippen LogP contribution in [-0.2, 0) is 14.3 Å². The van der Waals surface area contributed by atoms with E-state index in [1.807, 2.05) is 19.0 Å². The number of amides is 1. The molecule has 10 heteroatoms. The van der Waals surface area contributed by atoms with Crippen molar-refractivity contribution >= 4 is 23.4 Å². The number of carbonyl (C=O) groups is 3. The highest BCUT2D eigenvalue weighted by atomic mass is 16.5. The van der Waals surface area contributed by atoms with Gasteiger partial charge in [-0.15, -0.1) is 0 Å². The van der Waals surface area contributed by atoms with Gasteiger partial charge in [0, 0.05) is 29.9 Å². The molecule has 1 aliphatic rings. The van der Waals surface area contributed by atoms with E-state index in [4.69, 9.17) is 14.2 Å². The number of rotatable bonds is 9. The highest BCUT2D eigenvalue weighted by molar-refractivity contribution is 6.46. The number of hydrogen-bond acceptors (Lipinski definition) is 8. The van der Waals surface area contributed by atoms with Crippen LogP contribution in [0.1, 0.15) is 45.8 Å². The van der Waals surface area contributed by atoms with Crippen molar-refractivity contribution in [1.29, 1.82) is 0 Å². The molecule has 3 rings (SSSR count). The molecule has 2 heterocycles. The van der Waals surface area contributed by atoms with Crippen molar-refractivity contribution in [1.82, 2.24) is 14.8 Å². The number of likely N-dealkylation sites (tertiary alicyclic amines) is 1. The van der Waals surface area contributed by atoms with Crippen LogP contribution < -0.4 is 9.47 Å². The maximum absolute atomic E-state index is 13.4. The number of para-hydroxylation sites is 1. The minimum atomic E-state index is -0.935. The zero-order valence-corrected chi connectivity index (χ0v) is 21.7. The van der Waals surface area contributed by atoms with Crippen LogP contribution in [0.25, 0.3) is 5.76 Å². The minimum Gasteiger partial charge on any atom is -0.507 e. The van der Waals surface area contributed by atoms with Crippen molar-refractivity contribution in [3.8, 4) is 11.5 Å². The Labute approximate surface area is 210 Å². The Morgan fingerprint density at radius 2 is 1.86 bits per heavy atom. The smallest absolute Gasteiger partial charge is 0.355 e. The number of H-pyrrole nitrogens is 1. The lowest BCUT2D eigenvalue weighted by Gasteiger charge is -2.28. The van der Waals surface area contributed by atoms with Crippen LogP contribution in [0.4, 0.5) is 0 Å². The van der Waals surface area contributed by atoms with Crippen LogP contribution in [0.5, 0.6) is 11.5 Å². The van der Waals surface area contributed by atoms with Crippen LogP contribution >= 0.6 is 0 Å². The van der Waals surface area contributed by atoms with Gasteiger partial charge >= 0.3 is 5.97 Å². The molecular weight excluding hydrogens is 466 g/mol. The van der Waals surface area contributed by atoms with Crippen molar-refractivity contribution < 1.29 is 33.7 Å². The van der Waals surface area contributed by atoms with E-state index in [2.05, 4.69) is 4.98 Å². The zero-order valence-electron chi connectivity index (χ0n) is 21.7. The molecule has 2 aromatic rings. The average Bonchev–Trinajstić information content (AvgIpc) is 3.28. The van der Waals surface area contributed by atoms with E-state index in [-0.39, 0.29) is 35.7 Å². The molecule has 1 aromatic carbocycles. The number of likely N-dealkylation sites (N-methyl/N-ethyl adjacent to an activating group) is 1. The first-order chi connectivity index (χ1) is 17.1. The van der Waals surface area contributed by atoms with E-state index in [1.54, 1.807) is 39.0 Å². The van der Waals surface area contributed by atoms with E-state index in [9.17, 15) is 19.5 Å². The zero-order chi connectivity index (χ0) is 26.7. The highest BCUT2D eigenvalue weighted by Gasteiger charge is 2.47. The van der Waals surface area contributed by atoms with E-state index < -0.39 is 23.7 Å². The third kappa shape index (κ3) is 4.68. The summed E-state index contributed by atoms with van der Waals surface area (Å²) >= 11 is 0. The van der Waals surface area contributed by atoms with E-state index in [1.165, 1.54) is 19.1 Å². The maximum Gasteiger partial charge on any atom is 0.355 e. The number of carbonyl (C=O) groups excluding carboxylic acids is 3. The van der Waals surface area contributed by atoms with Crippen molar-refractivity contribution in [2.24, 2.45) is 0 Å². The summed E-state index contributed by atoms with van der Waals surface area (Å²) in [4.78, 5) is 45.3. The molecule has 0 spiro atoms. The molecular formula is C26H33N3O7. The summed E-state index contributed by atoms with van der Waals surface area (Å²) < 4.78 is 16.2. The molecule has 0 radical (unpaired) electrons. The molecule has 0 saturated carbocycles. The number of benzene rings is 1. The summed E-state index contributed by atoms with van der Waals surface area (Å²) in [6.07, 6.45) is 0. The van der Waals surface area contributed by atoms with E-state index in [0.29, 0.717) is 34.9 Å². The molecule has 1 aliphatic heterocycles. The average molecular weight is 500 g/mol. The maximum atomic E-state index is 13.4. The van der Waals surface area contributed by atoms with Gasteiger partial charge in [-0.1, -0.05) is 12.1 Å². The normalized spacial score (nSPS) is 17.1. The van der Waals surface area contributed by atoms with Crippen molar-refractivity contribution in [3.05, 3.63) is 51.9 Å². The van der Waals surface area contributed by atoms with Crippen molar-refractivity contribution in [3.63, 3.8) is 0 Å². The molecule has 1 saturated heterocycles. The number of hydrogen-bond donors (Lipinski definition) is 2. The lowest BCUT2D eigenvalue weighted by molar-refractivity contribution is -0.140. The van der Waals surface area contributed by atoms with Crippen LogP contribution in [0.15, 0.2) is 23.8 Å². The molecule has 2 N–H and O–H groups in total. The standard InChI is InChI=1S/C26H33N3O7/c1-8-36-26(33)20-14(2)18(15(3)27-20)22(30)19-21(16-10-9-11-17(34-6)24(16)35-7)29(13-12-28(4)5)25(32)23(19)31/h9-11,21,27,30H,8,12-13H2,1-7H3/b22-19-. The van der Waals surface area contributed by atoms with Crippen molar-refractivity contribution in [2.45, 2.75) is 26.8 Å². The molecule has 0 aliphatic carbocycles. The van der Waals surface area contributed by atoms with Gasteiger partial charge < -0.3 is 34.1 Å². The van der Waals surface area contributed by atoms with E-state index in [0.717, 1.165) is 0 Å². The number of aryl methyl sites for hydroxylation is 1. The Bertz CT molecular complexity index is 1210. The first-order valence-electron chi connectivity index (χ1n) is 11.6. The highest BCUT2D eigenvalue weighted by Crippen LogP contribution is 2.46. The predicted octanol–water partition coefficient (Wildman–Crippen LogP) is 2.81. The topological polar surface area (TPSA) is 121 Å². The lowest BCUT2D eigenvalue weighted by atomic mass is 9.93. The number of aromatic amines is 1. The number of aromatic nitrogens is 1. The fraction of sp³-hybridized carbons (Fsp3) is 0.423. The second kappa shape index (κ2) is 10.9. The Morgan fingerprint density at radius 1 is 1.17 bits per heavy atom. The number of esters is 1. The number of Topliss-reactive ketones (excluding diaryl/α,β-unsaturated/α-hetero) is 1. The van der Waals surface area contributed by atoms with Gasteiger partial charge in [-0.05, 0) is 46.5 Å². The number of ether oxygens (including phenoxy) is 3. The number of nitrogens with one attached hydrogen (secondary N) is 1. The van der Waals surface area contributed by atoms with Crippen molar-refractivity contribution in [2.75, 3.05) is 48.0 Å². The monoisotopic (exact) mass is 499 g/mol. The van der Waals surface area contributed by atoms with Crippen LogP contribution in [0, 0.1) is 13.8 Å². The Hall–Kier alpha value is -3.79. The molecule has 36 heavy (non-hydrogen) atoms. The van der Waals surface area contributed by atoms with Crippen LogP contribution in [-0.4, -0.2) is 85.6 Å². The quantitative estimate of drug-likeness (QED) is 0.234. The summed E-state index contributed by atoms with van der Waals surface area (Å²) in [7, 11) is 6.69. The largest absolute Gasteiger partial charge is 0.507 e. The lowest BCUT2D eigenvalue weighted by Crippen LogP contribution is -2.35. The summed E-state index contributed by atoms with van der Waals surface area (Å²) in [6, 6.07) is 4.23. The second-order valence-corrected chi connectivity index (χ2v) is 8.72. The first-order valence-corrected chi connectivity index (χ1v) is 11.6. The third-order valence-electron chi connectivity index (χ3n) is 6.21. The Morgan fingerprint density at radius 3 is 2.44 bits per heavy atom. The number of methoxy groups -OCH3 is 2. The number of ketones is 1. The molecule has 1 unspecified atom stereocenters. The van der Waals surface area contributed by atoms with Gasteiger partial charge in [-0.25, -0.2) is 4.79 Å². The fourth-order valence-electron chi connectivity index (χ4n) is 4.52. The molecule has 194 valence electrons. The first kappa shape index (κ1) is 26.8. The Balaban J connectivity index is 2.29. The molecule has 10 nitrogen and oxygen atoms in total. The van der Waals surface area contributed by atoms with E-state index >= 15 is 0 Å². The van der Waals surface area contributed by atoms with Gasteiger partial charge in [0.2, 0.25) is 0 Å². The SMILES string of the molecule is CCOC(=O)c1[nH]c(C)c(/C(O)=C2/C(=O)C(=O)N(CCN(C)C)C2c2cccc(OC)c2OC)c1C. The number of nitrogens with zero attached hydrogens (tertiary/aromatic N) is 2. The van der Waals surface area contributed by atoms with Gasteiger partial charge in [-0.3, -0.25) is 9.59 Å².